The van der Waals surface area contributed by atoms with E-state index < -0.39 is 10.8 Å². The molecule has 0 aromatic heterocycles. The van der Waals surface area contributed by atoms with E-state index in [-0.39, 0.29) is 0 Å². The molecule has 0 bridgehead atoms. The van der Waals surface area contributed by atoms with Crippen LogP contribution < -0.4 is 0 Å². The second-order valence-corrected chi connectivity index (χ2v) is 3.87. The van der Waals surface area contributed by atoms with Gasteiger partial charge in [0, 0.05) is 22.5 Å². The first-order valence-corrected chi connectivity index (χ1v) is 5.63. The molecule has 13 heavy (non-hydrogen) atoms. The number of allylic oxidation sites excluding steroid dienone is 2. The molecule has 0 N–H and O–H groups in total. The van der Waals surface area contributed by atoms with Gasteiger partial charge in [-0.05, 0) is 5.56 Å². The molecule has 0 saturated heterocycles. The fraction of sp³-hybridized carbons (Fsp3) is 0.0909. The fourth-order valence-electron chi connectivity index (χ4n) is 0.887. The van der Waals surface area contributed by atoms with E-state index in [9.17, 15) is 4.21 Å². The third-order valence-electron chi connectivity index (χ3n) is 1.47. The molecule has 0 saturated carbocycles. The van der Waals surface area contributed by atoms with Gasteiger partial charge in [-0.3, -0.25) is 4.21 Å². The molecule has 0 radical (unpaired) electrons. The minimum atomic E-state index is -0.855. The second-order valence-electron chi connectivity index (χ2n) is 2.60. The highest BCUT2D eigenvalue weighted by Crippen LogP contribution is 2.00. The van der Waals surface area contributed by atoms with Crippen LogP contribution in [0.25, 0.3) is 6.08 Å². The molecule has 0 aliphatic heterocycles. The summed E-state index contributed by atoms with van der Waals surface area (Å²) in [5.74, 6) is 0. The Labute approximate surface area is 81.3 Å². The zero-order valence-corrected chi connectivity index (χ0v) is 8.33. The van der Waals surface area contributed by atoms with Crippen LogP contribution >= 0.6 is 0 Å². The van der Waals surface area contributed by atoms with Gasteiger partial charge >= 0.3 is 0 Å². The average Bonchev–Trinajstić information content (AvgIpc) is 2.14. The minimum absolute atomic E-state index is 0.855. The van der Waals surface area contributed by atoms with Crippen LogP contribution in [0.1, 0.15) is 5.56 Å². The van der Waals surface area contributed by atoms with Gasteiger partial charge in [0.15, 0.2) is 0 Å². The molecule has 0 heterocycles. The molecule has 1 aromatic rings. The second kappa shape index (κ2) is 5.49. The molecule has 0 spiro atoms. The molecule has 0 aliphatic rings. The molecule has 0 amide bonds. The van der Waals surface area contributed by atoms with Crippen LogP contribution in [0.5, 0.6) is 0 Å². The first-order valence-electron chi connectivity index (χ1n) is 4.01. The van der Waals surface area contributed by atoms with Crippen molar-refractivity contribution >= 4 is 16.9 Å². The van der Waals surface area contributed by atoms with Crippen LogP contribution in [0, 0.1) is 0 Å². The molecule has 1 rings (SSSR count). The Kier molecular flexibility index (Phi) is 4.19. The molecule has 68 valence electrons. The summed E-state index contributed by atoms with van der Waals surface area (Å²) in [6.07, 6.45) is 7.30. The van der Waals surface area contributed by atoms with E-state index >= 15 is 0 Å². The Morgan fingerprint density at radius 3 is 2.46 bits per heavy atom. The van der Waals surface area contributed by atoms with Crippen molar-refractivity contribution in [2.24, 2.45) is 0 Å². The van der Waals surface area contributed by atoms with Gasteiger partial charge in [-0.1, -0.05) is 48.6 Å². The summed E-state index contributed by atoms with van der Waals surface area (Å²) in [7, 11) is -0.855. The lowest BCUT2D eigenvalue weighted by Gasteiger charge is -1.88. The average molecular weight is 192 g/mol. The Balaban J connectivity index is 2.55. The largest absolute Gasteiger partial charge is 0.255 e. The van der Waals surface area contributed by atoms with Gasteiger partial charge in [-0.15, -0.1) is 0 Å². The highest BCUT2D eigenvalue weighted by Gasteiger charge is 1.80. The zero-order chi connectivity index (χ0) is 9.52. The summed E-state index contributed by atoms with van der Waals surface area (Å²) in [6, 6.07) is 10.00. The third-order valence-corrected chi connectivity index (χ3v) is 2.01. The van der Waals surface area contributed by atoms with Crippen molar-refractivity contribution < 1.29 is 4.21 Å². The molecule has 1 atom stereocenters. The third kappa shape index (κ3) is 4.43. The van der Waals surface area contributed by atoms with Gasteiger partial charge in [0.1, 0.15) is 0 Å². The minimum Gasteiger partial charge on any atom is -0.255 e. The van der Waals surface area contributed by atoms with Crippen molar-refractivity contribution in [3.05, 3.63) is 53.5 Å². The lowest BCUT2D eigenvalue weighted by Crippen LogP contribution is -1.72. The molecule has 1 unspecified atom stereocenters. The molecule has 1 aromatic carbocycles. The van der Waals surface area contributed by atoms with Gasteiger partial charge in [-0.2, -0.15) is 0 Å². The molecule has 2 heteroatoms. The summed E-state index contributed by atoms with van der Waals surface area (Å²) in [6.45, 7) is 0. The highest BCUT2D eigenvalue weighted by molar-refractivity contribution is 7.87. The quantitative estimate of drug-likeness (QED) is 0.673. The number of hydrogen-bond donors (Lipinski definition) is 0. The number of rotatable bonds is 3. The molecular weight excluding hydrogens is 180 g/mol. The van der Waals surface area contributed by atoms with Gasteiger partial charge in [0.2, 0.25) is 0 Å². The summed E-state index contributed by atoms with van der Waals surface area (Å²) < 4.78 is 10.6. The Hall–Kier alpha value is -1.15. The Morgan fingerprint density at radius 1 is 1.15 bits per heavy atom. The first-order chi connectivity index (χ1) is 6.29. The highest BCUT2D eigenvalue weighted by atomic mass is 32.2. The fourth-order valence-corrected chi connectivity index (χ4v) is 1.20. The topological polar surface area (TPSA) is 17.1 Å². The first kappa shape index (κ1) is 9.93. The monoisotopic (exact) mass is 192 g/mol. The van der Waals surface area contributed by atoms with Crippen LogP contribution in [-0.2, 0) is 10.8 Å². The smallest absolute Gasteiger partial charge is 0.0424 e. The maximum atomic E-state index is 10.6. The molecule has 1 nitrogen and oxygen atoms in total. The standard InChI is InChI=1S/C11H12OS/c1-13(12)10-6-5-9-11-7-3-2-4-8-11/h2-10H,1H3. The van der Waals surface area contributed by atoms with Crippen molar-refractivity contribution in [3.8, 4) is 0 Å². The summed E-state index contributed by atoms with van der Waals surface area (Å²) in [4.78, 5) is 0. The van der Waals surface area contributed by atoms with E-state index in [0.717, 1.165) is 5.56 Å². The van der Waals surface area contributed by atoms with Crippen molar-refractivity contribution in [1.82, 2.24) is 0 Å². The normalized spacial score (nSPS) is 13.9. The summed E-state index contributed by atoms with van der Waals surface area (Å²) in [5.41, 5.74) is 1.15. The predicted molar refractivity (Wildman–Crippen MR) is 58.7 cm³/mol. The number of benzene rings is 1. The maximum Gasteiger partial charge on any atom is 0.0424 e. The van der Waals surface area contributed by atoms with E-state index in [4.69, 9.17) is 0 Å². The van der Waals surface area contributed by atoms with E-state index in [0.29, 0.717) is 0 Å². The molecular formula is C11H12OS. The molecule has 0 fully saturated rings. The van der Waals surface area contributed by atoms with Gasteiger partial charge < -0.3 is 0 Å². The van der Waals surface area contributed by atoms with Gasteiger partial charge in [-0.25, -0.2) is 0 Å². The van der Waals surface area contributed by atoms with Crippen LogP contribution in [0.2, 0.25) is 0 Å². The van der Waals surface area contributed by atoms with Crippen molar-refractivity contribution in [2.75, 3.05) is 6.26 Å². The lowest BCUT2D eigenvalue weighted by molar-refractivity contribution is 0.691. The lowest BCUT2D eigenvalue weighted by atomic mass is 10.2. The van der Waals surface area contributed by atoms with Gasteiger partial charge in [0.05, 0.1) is 0 Å². The van der Waals surface area contributed by atoms with E-state index in [1.54, 1.807) is 17.7 Å². The Morgan fingerprint density at radius 2 is 1.85 bits per heavy atom. The predicted octanol–water partition coefficient (Wildman–Crippen LogP) is 2.59. The zero-order valence-electron chi connectivity index (χ0n) is 7.51. The van der Waals surface area contributed by atoms with Crippen molar-refractivity contribution in [3.63, 3.8) is 0 Å². The maximum absolute atomic E-state index is 10.6. The van der Waals surface area contributed by atoms with E-state index in [1.807, 2.05) is 42.5 Å². The van der Waals surface area contributed by atoms with Crippen LogP contribution in [0.3, 0.4) is 0 Å². The van der Waals surface area contributed by atoms with Crippen LogP contribution in [-0.4, -0.2) is 10.5 Å². The number of hydrogen-bond acceptors (Lipinski definition) is 1. The molecule has 0 aliphatic carbocycles. The SMILES string of the molecule is CS(=O)C=CC=Cc1ccccc1. The Bertz CT molecular complexity index is 325. The van der Waals surface area contributed by atoms with Gasteiger partial charge in [0.25, 0.3) is 0 Å². The summed E-state index contributed by atoms with van der Waals surface area (Å²) in [5, 5.41) is 1.65. The van der Waals surface area contributed by atoms with E-state index in [1.165, 1.54) is 0 Å². The van der Waals surface area contributed by atoms with Crippen molar-refractivity contribution in [1.29, 1.82) is 0 Å². The summed E-state index contributed by atoms with van der Waals surface area (Å²) >= 11 is 0. The van der Waals surface area contributed by atoms with E-state index in [2.05, 4.69) is 0 Å². The van der Waals surface area contributed by atoms with Crippen molar-refractivity contribution in [2.45, 2.75) is 0 Å². The van der Waals surface area contributed by atoms with Crippen LogP contribution in [0.4, 0.5) is 0 Å². The van der Waals surface area contributed by atoms with Crippen LogP contribution in [0.15, 0.2) is 47.9 Å².